The lowest BCUT2D eigenvalue weighted by molar-refractivity contribution is 0.194. The number of nitrogens with one attached hydrogen (secondary N) is 1. The minimum Gasteiger partial charge on any atom is -0.366 e. The number of hydrogen-bond donors (Lipinski definition) is 1. The number of anilines is 1. The Hall–Kier alpha value is -2.27. The normalized spacial score (nSPS) is 14.5. The summed E-state index contributed by atoms with van der Waals surface area (Å²) < 4.78 is 13.8. The third kappa shape index (κ3) is 4.42. The Morgan fingerprint density at radius 2 is 1.72 bits per heavy atom. The van der Waals surface area contributed by atoms with Crippen LogP contribution in [0.15, 0.2) is 48.5 Å². The average molecular weight is 362 g/mol. The molecular formula is C19H21ClFN3O. The van der Waals surface area contributed by atoms with Crippen LogP contribution in [0.25, 0.3) is 0 Å². The summed E-state index contributed by atoms with van der Waals surface area (Å²) in [6.07, 6.45) is 0.695. The number of carbonyl (C=O) groups excluding carboxylic acids is 1. The van der Waals surface area contributed by atoms with E-state index in [0.717, 1.165) is 10.6 Å². The molecule has 0 spiro atoms. The second-order valence-electron chi connectivity index (χ2n) is 6.00. The van der Waals surface area contributed by atoms with Crippen LogP contribution in [-0.4, -0.2) is 43.7 Å². The van der Waals surface area contributed by atoms with Gasteiger partial charge in [-0.25, -0.2) is 9.18 Å². The van der Waals surface area contributed by atoms with Crippen molar-refractivity contribution in [3.05, 3.63) is 64.9 Å². The number of urea groups is 1. The fourth-order valence-corrected chi connectivity index (χ4v) is 3.21. The predicted molar refractivity (Wildman–Crippen MR) is 98.7 cm³/mol. The standard InChI is InChI=1S/C19H21ClFN3O/c20-16-6-2-1-5-15(16)9-10-22-19(25)24-13-11-23(12-14-24)18-8-4-3-7-17(18)21/h1-8H,9-14H2,(H,22,25). The maximum Gasteiger partial charge on any atom is 0.317 e. The number of carbonyl (C=O) groups is 1. The van der Waals surface area contributed by atoms with Crippen molar-refractivity contribution in [1.82, 2.24) is 10.2 Å². The highest BCUT2D eigenvalue weighted by Crippen LogP contribution is 2.20. The molecule has 1 aliphatic heterocycles. The van der Waals surface area contributed by atoms with E-state index in [0.29, 0.717) is 44.8 Å². The highest BCUT2D eigenvalue weighted by molar-refractivity contribution is 6.31. The highest BCUT2D eigenvalue weighted by Gasteiger charge is 2.22. The number of amides is 2. The molecule has 0 unspecified atom stereocenters. The molecule has 3 rings (SSSR count). The van der Waals surface area contributed by atoms with Crippen molar-refractivity contribution in [1.29, 1.82) is 0 Å². The van der Waals surface area contributed by atoms with Crippen molar-refractivity contribution in [2.75, 3.05) is 37.6 Å². The average Bonchev–Trinajstić information content (AvgIpc) is 2.64. The van der Waals surface area contributed by atoms with Crippen molar-refractivity contribution in [3.63, 3.8) is 0 Å². The van der Waals surface area contributed by atoms with Crippen LogP contribution in [0.2, 0.25) is 5.02 Å². The first-order valence-corrected chi connectivity index (χ1v) is 8.78. The van der Waals surface area contributed by atoms with Crippen molar-refractivity contribution in [2.24, 2.45) is 0 Å². The summed E-state index contributed by atoms with van der Waals surface area (Å²) >= 11 is 6.12. The van der Waals surface area contributed by atoms with E-state index in [1.807, 2.05) is 35.2 Å². The van der Waals surface area contributed by atoms with Crippen molar-refractivity contribution in [3.8, 4) is 0 Å². The Kier molecular flexibility index (Phi) is 5.76. The van der Waals surface area contributed by atoms with Gasteiger partial charge in [0.1, 0.15) is 5.82 Å². The van der Waals surface area contributed by atoms with Crippen LogP contribution in [0.4, 0.5) is 14.9 Å². The first-order chi connectivity index (χ1) is 12.1. The van der Waals surface area contributed by atoms with Gasteiger partial charge in [-0.2, -0.15) is 0 Å². The number of para-hydroxylation sites is 1. The van der Waals surface area contributed by atoms with Crippen molar-refractivity contribution < 1.29 is 9.18 Å². The minimum atomic E-state index is -0.222. The molecule has 4 nitrogen and oxygen atoms in total. The highest BCUT2D eigenvalue weighted by atomic mass is 35.5. The molecule has 6 heteroatoms. The van der Waals surface area contributed by atoms with Crippen LogP contribution < -0.4 is 10.2 Å². The zero-order valence-corrected chi connectivity index (χ0v) is 14.7. The maximum absolute atomic E-state index is 13.8. The van der Waals surface area contributed by atoms with Gasteiger partial charge in [0.2, 0.25) is 0 Å². The molecular weight excluding hydrogens is 341 g/mol. The maximum atomic E-state index is 13.8. The Bertz CT molecular complexity index is 732. The van der Waals surface area contributed by atoms with E-state index in [4.69, 9.17) is 11.6 Å². The van der Waals surface area contributed by atoms with E-state index in [2.05, 4.69) is 5.32 Å². The topological polar surface area (TPSA) is 35.6 Å². The molecule has 0 aromatic heterocycles. The summed E-state index contributed by atoms with van der Waals surface area (Å²) in [5.74, 6) is -0.222. The van der Waals surface area contributed by atoms with E-state index < -0.39 is 0 Å². The summed E-state index contributed by atoms with van der Waals surface area (Å²) in [7, 11) is 0. The molecule has 1 N–H and O–H groups in total. The number of nitrogens with zero attached hydrogens (tertiary/aromatic N) is 2. The molecule has 1 heterocycles. The van der Waals surface area contributed by atoms with Gasteiger partial charge >= 0.3 is 6.03 Å². The smallest absolute Gasteiger partial charge is 0.317 e. The number of benzene rings is 2. The van der Waals surface area contributed by atoms with Crippen molar-refractivity contribution in [2.45, 2.75) is 6.42 Å². The second kappa shape index (κ2) is 8.21. The fourth-order valence-electron chi connectivity index (χ4n) is 2.98. The molecule has 1 saturated heterocycles. The van der Waals surface area contributed by atoms with Gasteiger partial charge in [-0.1, -0.05) is 41.9 Å². The zero-order valence-electron chi connectivity index (χ0n) is 13.9. The van der Waals surface area contributed by atoms with Gasteiger partial charge in [-0.05, 0) is 30.2 Å². The van der Waals surface area contributed by atoms with Crippen LogP contribution in [0.3, 0.4) is 0 Å². The monoisotopic (exact) mass is 361 g/mol. The van der Waals surface area contributed by atoms with Gasteiger partial charge in [0.25, 0.3) is 0 Å². The molecule has 2 amide bonds. The first-order valence-electron chi connectivity index (χ1n) is 8.41. The SMILES string of the molecule is O=C(NCCc1ccccc1Cl)N1CCN(c2ccccc2F)CC1. The zero-order chi connectivity index (χ0) is 17.6. The summed E-state index contributed by atoms with van der Waals surface area (Å²) in [5, 5.41) is 3.65. The van der Waals surface area contributed by atoms with Gasteiger partial charge < -0.3 is 15.1 Å². The Labute approximate surface area is 152 Å². The van der Waals surface area contributed by atoms with Gasteiger partial charge in [0.05, 0.1) is 5.69 Å². The lowest BCUT2D eigenvalue weighted by atomic mass is 10.1. The molecule has 2 aromatic carbocycles. The van der Waals surface area contributed by atoms with E-state index >= 15 is 0 Å². The lowest BCUT2D eigenvalue weighted by Gasteiger charge is -2.36. The Morgan fingerprint density at radius 3 is 2.44 bits per heavy atom. The predicted octanol–water partition coefficient (Wildman–Crippen LogP) is 3.55. The largest absolute Gasteiger partial charge is 0.366 e. The van der Waals surface area contributed by atoms with Gasteiger partial charge in [0.15, 0.2) is 0 Å². The number of rotatable bonds is 4. The van der Waals surface area contributed by atoms with E-state index in [1.54, 1.807) is 17.0 Å². The molecule has 0 aliphatic carbocycles. The fraction of sp³-hybridized carbons (Fsp3) is 0.316. The van der Waals surface area contributed by atoms with E-state index in [9.17, 15) is 9.18 Å². The van der Waals surface area contributed by atoms with Gasteiger partial charge in [-0.15, -0.1) is 0 Å². The number of hydrogen-bond acceptors (Lipinski definition) is 2. The van der Waals surface area contributed by atoms with E-state index in [1.165, 1.54) is 6.07 Å². The first kappa shape index (κ1) is 17.5. The van der Waals surface area contributed by atoms with Crippen LogP contribution in [0.1, 0.15) is 5.56 Å². The quantitative estimate of drug-likeness (QED) is 0.903. The molecule has 1 aliphatic rings. The Balaban J connectivity index is 1.46. The molecule has 1 fully saturated rings. The van der Waals surface area contributed by atoms with Crippen molar-refractivity contribution >= 4 is 23.3 Å². The summed E-state index contributed by atoms with van der Waals surface area (Å²) in [4.78, 5) is 16.0. The van der Waals surface area contributed by atoms with Crippen LogP contribution in [0, 0.1) is 5.82 Å². The number of halogens is 2. The summed E-state index contributed by atoms with van der Waals surface area (Å²) in [6.45, 7) is 2.94. The third-order valence-corrected chi connectivity index (χ3v) is 4.76. The molecule has 25 heavy (non-hydrogen) atoms. The molecule has 0 atom stereocenters. The summed E-state index contributed by atoms with van der Waals surface area (Å²) in [5.41, 5.74) is 1.62. The third-order valence-electron chi connectivity index (χ3n) is 4.39. The lowest BCUT2D eigenvalue weighted by Crippen LogP contribution is -2.52. The molecule has 0 saturated carbocycles. The van der Waals surface area contributed by atoms with Gasteiger partial charge in [0, 0.05) is 37.7 Å². The number of piperazine rings is 1. The minimum absolute atomic E-state index is 0.0831. The second-order valence-corrected chi connectivity index (χ2v) is 6.41. The van der Waals surface area contributed by atoms with Gasteiger partial charge in [-0.3, -0.25) is 0 Å². The van der Waals surface area contributed by atoms with Crippen LogP contribution in [0.5, 0.6) is 0 Å². The molecule has 0 bridgehead atoms. The molecule has 0 radical (unpaired) electrons. The Morgan fingerprint density at radius 1 is 1.04 bits per heavy atom. The van der Waals surface area contributed by atoms with E-state index in [-0.39, 0.29) is 11.8 Å². The molecule has 132 valence electrons. The summed E-state index contributed by atoms with van der Waals surface area (Å²) in [6, 6.07) is 14.3. The molecule has 2 aromatic rings. The van der Waals surface area contributed by atoms with Crippen LogP contribution >= 0.6 is 11.6 Å². The van der Waals surface area contributed by atoms with Crippen LogP contribution in [-0.2, 0) is 6.42 Å².